The normalized spacial score (nSPS) is 25.4. The molecule has 3 atom stereocenters. The van der Waals surface area contributed by atoms with Crippen molar-refractivity contribution < 1.29 is 35.8 Å². The third kappa shape index (κ3) is 3.72. The van der Waals surface area contributed by atoms with Gasteiger partial charge in [0, 0.05) is 5.92 Å². The minimum Gasteiger partial charge on any atom is -0.466 e. The molecule has 0 amide bonds. The number of carbonyl (C=O) groups excluding carboxylic acids is 1. The molecule has 3 aromatic rings. The number of benzene rings is 3. The van der Waals surface area contributed by atoms with Crippen molar-refractivity contribution in [3.8, 4) is 11.5 Å². The van der Waals surface area contributed by atoms with Crippen molar-refractivity contribution in [1.82, 2.24) is 0 Å². The second-order valence-corrected chi connectivity index (χ2v) is 14.1. The highest BCUT2D eigenvalue weighted by molar-refractivity contribution is 7.95. The maximum Gasteiger partial charge on any atom is 0.314 e. The van der Waals surface area contributed by atoms with Gasteiger partial charge in [-0.15, -0.1) is 0 Å². The van der Waals surface area contributed by atoms with E-state index in [1.807, 2.05) is 0 Å². The number of hydrogen-bond acceptors (Lipinski definition) is 8. The predicted molar refractivity (Wildman–Crippen MR) is 142 cm³/mol. The summed E-state index contributed by atoms with van der Waals surface area (Å²) in [7, 11) is -8.34. The van der Waals surface area contributed by atoms with Crippen LogP contribution >= 0.6 is 0 Å². The molecule has 8 nitrogen and oxygen atoms in total. The highest BCUT2D eigenvalue weighted by Crippen LogP contribution is 2.72. The second-order valence-electron chi connectivity index (χ2n) is 9.92. The Kier molecular flexibility index (Phi) is 5.89. The minimum atomic E-state index is -4.19. The van der Waals surface area contributed by atoms with Gasteiger partial charge in [0.1, 0.15) is 4.75 Å². The van der Waals surface area contributed by atoms with Gasteiger partial charge in [-0.25, -0.2) is 16.8 Å². The van der Waals surface area contributed by atoms with Gasteiger partial charge in [0.15, 0.2) is 21.3 Å². The summed E-state index contributed by atoms with van der Waals surface area (Å²) in [4.78, 5) is 13.5. The number of carbonyl (C=O) groups is 1. The van der Waals surface area contributed by atoms with Crippen LogP contribution in [0.15, 0.2) is 99.6 Å². The van der Waals surface area contributed by atoms with E-state index in [4.69, 9.17) is 14.2 Å². The summed E-state index contributed by atoms with van der Waals surface area (Å²) in [5.41, 5.74) is -0.875. The van der Waals surface area contributed by atoms with Crippen molar-refractivity contribution in [3.05, 3.63) is 95.4 Å². The zero-order chi connectivity index (χ0) is 27.5. The summed E-state index contributed by atoms with van der Waals surface area (Å²) in [6.07, 6.45) is 1.17. The van der Waals surface area contributed by atoms with Gasteiger partial charge in [0.25, 0.3) is 0 Å². The number of esters is 1. The van der Waals surface area contributed by atoms with Crippen LogP contribution in [0.5, 0.6) is 11.5 Å². The van der Waals surface area contributed by atoms with Crippen molar-refractivity contribution in [2.24, 2.45) is 5.41 Å². The van der Waals surface area contributed by atoms with E-state index < -0.39 is 41.7 Å². The monoisotopic (exact) mass is 566 g/mol. The number of sulfone groups is 2. The van der Waals surface area contributed by atoms with Gasteiger partial charge in [-0.1, -0.05) is 42.5 Å². The lowest BCUT2D eigenvalue weighted by Crippen LogP contribution is -2.40. The Bertz CT molecular complexity index is 1700. The molecule has 6 rings (SSSR count). The zero-order valence-corrected chi connectivity index (χ0v) is 22.7. The number of allylic oxidation sites excluding steroid dienone is 1. The lowest BCUT2D eigenvalue weighted by Gasteiger charge is -2.33. The minimum absolute atomic E-state index is 0.0189. The average Bonchev–Trinajstić information content (AvgIpc) is 3.45. The topological polar surface area (TPSA) is 113 Å². The average molecular weight is 567 g/mol. The standard InChI is InChI=1S/C29H26O8S2/c1-2-35-27(30)28-16-23(20-13-14-24-25(15-20)37-19-36-24)26(38(31,32)21-9-5-3-6-10-21)17-29(28,18-28)39(33,34)22-11-7-4-8-12-22/h3-15,17,23H,2,16,18-19H2,1H3/t23-,28-,29-/m1/s1. The largest absolute Gasteiger partial charge is 0.466 e. The quantitative estimate of drug-likeness (QED) is 0.386. The molecule has 0 radical (unpaired) electrons. The fourth-order valence-corrected chi connectivity index (χ4v) is 10.0. The Morgan fingerprint density at radius 3 is 2.21 bits per heavy atom. The summed E-state index contributed by atoms with van der Waals surface area (Å²) < 4.78 is 71.3. The number of rotatable bonds is 7. The first kappa shape index (κ1) is 25.6. The van der Waals surface area contributed by atoms with E-state index in [1.54, 1.807) is 61.5 Å². The third-order valence-electron chi connectivity index (χ3n) is 7.88. The Morgan fingerprint density at radius 2 is 1.54 bits per heavy atom. The lowest BCUT2D eigenvalue weighted by molar-refractivity contribution is -0.150. The van der Waals surface area contributed by atoms with Crippen LogP contribution in [0, 0.1) is 5.41 Å². The molecular formula is C29H26O8S2. The first-order chi connectivity index (χ1) is 18.7. The van der Waals surface area contributed by atoms with Crippen LogP contribution in [-0.2, 0) is 29.2 Å². The molecule has 10 heteroatoms. The summed E-state index contributed by atoms with van der Waals surface area (Å²) in [6, 6.07) is 20.8. The molecule has 1 saturated carbocycles. The van der Waals surface area contributed by atoms with E-state index in [-0.39, 0.29) is 40.9 Å². The van der Waals surface area contributed by atoms with Crippen LogP contribution in [0.4, 0.5) is 0 Å². The van der Waals surface area contributed by atoms with E-state index in [2.05, 4.69) is 0 Å². The first-order valence-corrected chi connectivity index (χ1v) is 15.5. The van der Waals surface area contributed by atoms with E-state index >= 15 is 0 Å². The van der Waals surface area contributed by atoms with Crippen molar-refractivity contribution in [3.63, 3.8) is 0 Å². The van der Waals surface area contributed by atoms with Gasteiger partial charge in [-0.3, -0.25) is 4.79 Å². The van der Waals surface area contributed by atoms with Crippen molar-refractivity contribution >= 4 is 25.6 Å². The number of fused-ring (bicyclic) bond motifs is 2. The molecule has 0 N–H and O–H groups in total. The van der Waals surface area contributed by atoms with E-state index in [0.717, 1.165) is 0 Å². The Labute approximate surface area is 227 Å². The van der Waals surface area contributed by atoms with Crippen molar-refractivity contribution in [2.45, 2.75) is 40.2 Å². The molecule has 3 aromatic carbocycles. The van der Waals surface area contributed by atoms with Crippen LogP contribution in [-0.4, -0.2) is 41.0 Å². The Morgan fingerprint density at radius 1 is 0.897 bits per heavy atom. The van der Waals surface area contributed by atoms with Gasteiger partial charge in [-0.05, 0) is 67.8 Å². The molecule has 3 aliphatic rings. The summed E-state index contributed by atoms with van der Waals surface area (Å²) in [5, 5.41) is 0. The molecule has 1 aliphatic heterocycles. The molecule has 202 valence electrons. The van der Waals surface area contributed by atoms with Gasteiger partial charge in [0.05, 0.1) is 26.7 Å². The summed E-state index contributed by atoms with van der Waals surface area (Å²) in [6.45, 7) is 1.76. The van der Waals surface area contributed by atoms with Gasteiger partial charge >= 0.3 is 5.97 Å². The van der Waals surface area contributed by atoms with Crippen LogP contribution in [0.3, 0.4) is 0 Å². The SMILES string of the molecule is CCOC(=O)[C@]12C[C@H](c3ccc4c(c3)OCO4)C(S(=O)(=O)c3ccccc3)=C[C@@]1(S(=O)(=O)c1ccccc1)C2. The first-order valence-electron chi connectivity index (χ1n) is 12.6. The van der Waals surface area contributed by atoms with Gasteiger partial charge in [0.2, 0.25) is 16.6 Å². The molecular weight excluding hydrogens is 540 g/mol. The van der Waals surface area contributed by atoms with Gasteiger partial charge in [-0.2, -0.15) is 0 Å². The second kappa shape index (κ2) is 8.96. The molecule has 0 saturated heterocycles. The smallest absolute Gasteiger partial charge is 0.314 e. The van der Waals surface area contributed by atoms with Crippen LogP contribution in [0.2, 0.25) is 0 Å². The third-order valence-corrected chi connectivity index (χ3v) is 12.3. The summed E-state index contributed by atoms with van der Waals surface area (Å²) in [5.74, 6) is -0.490. The molecule has 0 aromatic heterocycles. The van der Waals surface area contributed by atoms with Crippen molar-refractivity contribution in [1.29, 1.82) is 0 Å². The van der Waals surface area contributed by atoms with Gasteiger partial charge < -0.3 is 14.2 Å². The fraction of sp³-hybridized carbons (Fsp3) is 0.276. The maximum atomic E-state index is 14.2. The van der Waals surface area contributed by atoms with Crippen LogP contribution in [0.25, 0.3) is 0 Å². The molecule has 1 fully saturated rings. The molecule has 0 bridgehead atoms. The van der Waals surface area contributed by atoms with Crippen molar-refractivity contribution in [2.75, 3.05) is 13.4 Å². The Balaban J connectivity index is 1.60. The number of ether oxygens (including phenoxy) is 3. The number of hydrogen-bond donors (Lipinski definition) is 0. The van der Waals surface area contributed by atoms with E-state index in [9.17, 15) is 21.6 Å². The zero-order valence-electron chi connectivity index (χ0n) is 21.1. The molecule has 0 unspecified atom stereocenters. The fourth-order valence-electron chi connectivity index (χ4n) is 5.87. The molecule has 39 heavy (non-hydrogen) atoms. The van der Waals surface area contributed by atoms with Crippen LogP contribution in [0.1, 0.15) is 31.2 Å². The summed E-state index contributed by atoms with van der Waals surface area (Å²) >= 11 is 0. The highest BCUT2D eigenvalue weighted by atomic mass is 32.2. The van der Waals surface area contributed by atoms with E-state index in [0.29, 0.717) is 17.1 Å². The van der Waals surface area contributed by atoms with Crippen LogP contribution < -0.4 is 9.47 Å². The predicted octanol–water partition coefficient (Wildman–Crippen LogP) is 4.43. The van der Waals surface area contributed by atoms with E-state index in [1.165, 1.54) is 30.3 Å². The molecule has 0 spiro atoms. The molecule has 2 aliphatic carbocycles. The maximum absolute atomic E-state index is 14.2. The lowest BCUT2D eigenvalue weighted by atomic mass is 9.81. The Hall–Kier alpha value is -3.63. The highest BCUT2D eigenvalue weighted by Gasteiger charge is 2.80. The molecule has 1 heterocycles.